The molecular formula is C22H22N2O3. The summed E-state index contributed by atoms with van der Waals surface area (Å²) in [6, 6.07) is 18.2. The predicted molar refractivity (Wildman–Crippen MR) is 107 cm³/mol. The normalized spacial score (nSPS) is 12.2. The first-order valence-electron chi connectivity index (χ1n) is 8.88. The van der Waals surface area contributed by atoms with Crippen molar-refractivity contribution in [3.63, 3.8) is 0 Å². The molecule has 138 valence electrons. The van der Waals surface area contributed by atoms with Gasteiger partial charge < -0.3 is 9.84 Å². The zero-order valence-corrected chi connectivity index (χ0v) is 15.3. The van der Waals surface area contributed by atoms with Gasteiger partial charge in [-0.25, -0.2) is 5.43 Å². The topological polar surface area (TPSA) is 70.9 Å². The third-order valence-corrected chi connectivity index (χ3v) is 4.28. The Bertz CT molecular complexity index is 965. The Morgan fingerprint density at radius 3 is 2.48 bits per heavy atom. The first kappa shape index (κ1) is 18.5. The van der Waals surface area contributed by atoms with Crippen molar-refractivity contribution < 1.29 is 14.6 Å². The van der Waals surface area contributed by atoms with E-state index in [0.717, 1.165) is 28.5 Å². The fourth-order valence-electron chi connectivity index (χ4n) is 2.58. The van der Waals surface area contributed by atoms with Crippen molar-refractivity contribution in [1.29, 1.82) is 0 Å². The zero-order chi connectivity index (χ0) is 19.2. The highest BCUT2D eigenvalue weighted by Crippen LogP contribution is 2.24. The molecule has 3 aromatic carbocycles. The number of carbonyl (C=O) groups is 1. The fraction of sp³-hybridized carbons (Fsp3) is 0.182. The van der Waals surface area contributed by atoms with Crippen molar-refractivity contribution in [1.82, 2.24) is 5.43 Å². The van der Waals surface area contributed by atoms with Gasteiger partial charge >= 0.3 is 0 Å². The summed E-state index contributed by atoms with van der Waals surface area (Å²) in [5, 5.41) is 15.8. The molecule has 0 aliphatic carbocycles. The monoisotopic (exact) mass is 362 g/mol. The van der Waals surface area contributed by atoms with Crippen LogP contribution >= 0.6 is 0 Å². The number of rotatable bonds is 6. The van der Waals surface area contributed by atoms with Gasteiger partial charge in [0.25, 0.3) is 5.91 Å². The van der Waals surface area contributed by atoms with Gasteiger partial charge in [-0.15, -0.1) is 0 Å². The second-order valence-corrected chi connectivity index (χ2v) is 6.32. The van der Waals surface area contributed by atoms with Crippen LogP contribution in [0.15, 0.2) is 65.8 Å². The molecule has 0 aliphatic heterocycles. The number of hydrazone groups is 1. The van der Waals surface area contributed by atoms with Crippen molar-refractivity contribution in [2.24, 2.45) is 5.10 Å². The minimum atomic E-state index is -0.466. The molecule has 0 aromatic heterocycles. The van der Waals surface area contributed by atoms with E-state index in [-0.39, 0.29) is 17.4 Å². The largest absolute Gasteiger partial charge is 0.507 e. The van der Waals surface area contributed by atoms with Crippen LogP contribution < -0.4 is 10.2 Å². The summed E-state index contributed by atoms with van der Waals surface area (Å²) in [5.74, 6) is 0.255. The van der Waals surface area contributed by atoms with Crippen LogP contribution in [-0.2, 0) is 0 Å². The number of fused-ring (bicyclic) bond motifs is 1. The molecule has 1 atom stereocenters. The number of phenolic OH excluding ortho intramolecular Hbond substituents is 1. The van der Waals surface area contributed by atoms with E-state index >= 15 is 0 Å². The van der Waals surface area contributed by atoms with E-state index in [2.05, 4.69) is 17.5 Å². The minimum absolute atomic E-state index is 0.0760. The van der Waals surface area contributed by atoms with Crippen LogP contribution in [-0.4, -0.2) is 23.3 Å². The molecule has 3 aromatic rings. The fourth-order valence-corrected chi connectivity index (χ4v) is 2.58. The zero-order valence-electron chi connectivity index (χ0n) is 15.3. The van der Waals surface area contributed by atoms with E-state index in [4.69, 9.17) is 4.74 Å². The minimum Gasteiger partial charge on any atom is -0.507 e. The summed E-state index contributed by atoms with van der Waals surface area (Å²) < 4.78 is 5.73. The van der Waals surface area contributed by atoms with Crippen LogP contribution in [0.25, 0.3) is 10.8 Å². The third kappa shape index (κ3) is 4.64. The summed E-state index contributed by atoms with van der Waals surface area (Å²) in [6.07, 6.45) is 2.65. The number of carbonyl (C=O) groups excluding carboxylic acids is 1. The van der Waals surface area contributed by atoms with Gasteiger partial charge in [-0.1, -0.05) is 31.2 Å². The Morgan fingerprint density at radius 1 is 1.15 bits per heavy atom. The van der Waals surface area contributed by atoms with E-state index in [1.807, 2.05) is 55.5 Å². The lowest BCUT2D eigenvalue weighted by Gasteiger charge is -2.12. The van der Waals surface area contributed by atoms with E-state index in [9.17, 15) is 9.90 Å². The van der Waals surface area contributed by atoms with Gasteiger partial charge in [0.05, 0.1) is 17.9 Å². The van der Waals surface area contributed by atoms with Crippen LogP contribution in [0.1, 0.15) is 36.2 Å². The van der Waals surface area contributed by atoms with E-state index in [1.165, 1.54) is 0 Å². The molecule has 0 radical (unpaired) electrons. The molecule has 3 rings (SSSR count). The molecule has 0 fully saturated rings. The van der Waals surface area contributed by atoms with Crippen LogP contribution in [0.3, 0.4) is 0 Å². The smallest absolute Gasteiger partial charge is 0.275 e. The number of phenols is 1. The maximum atomic E-state index is 12.3. The SMILES string of the molecule is CCC(C)Oc1ccc(C=NNC(=O)c2cc3ccccc3cc2O)cc1. The summed E-state index contributed by atoms with van der Waals surface area (Å²) in [7, 11) is 0. The van der Waals surface area contributed by atoms with Gasteiger partial charge in [-0.2, -0.15) is 5.10 Å². The average molecular weight is 362 g/mol. The summed E-state index contributed by atoms with van der Waals surface area (Å²) in [5.41, 5.74) is 3.46. The maximum absolute atomic E-state index is 12.3. The first-order chi connectivity index (χ1) is 13.1. The van der Waals surface area contributed by atoms with Gasteiger partial charge in [-0.3, -0.25) is 4.79 Å². The molecule has 1 unspecified atom stereocenters. The predicted octanol–water partition coefficient (Wildman–Crippen LogP) is 4.49. The Labute approximate surface area is 158 Å². The maximum Gasteiger partial charge on any atom is 0.275 e. The molecule has 0 heterocycles. The van der Waals surface area contributed by atoms with Gasteiger partial charge in [-0.05, 0) is 66.1 Å². The second kappa shape index (κ2) is 8.36. The molecule has 27 heavy (non-hydrogen) atoms. The van der Waals surface area contributed by atoms with Crippen molar-refractivity contribution in [2.75, 3.05) is 0 Å². The van der Waals surface area contributed by atoms with Crippen LogP contribution in [0.2, 0.25) is 0 Å². The molecule has 5 heteroatoms. The number of hydrogen-bond donors (Lipinski definition) is 2. The lowest BCUT2D eigenvalue weighted by Crippen LogP contribution is -2.17. The lowest BCUT2D eigenvalue weighted by atomic mass is 10.1. The average Bonchev–Trinajstić information content (AvgIpc) is 2.68. The Kier molecular flexibility index (Phi) is 5.71. The Hall–Kier alpha value is -3.34. The summed E-state index contributed by atoms with van der Waals surface area (Å²) in [4.78, 5) is 12.3. The molecule has 0 bridgehead atoms. The van der Waals surface area contributed by atoms with E-state index in [1.54, 1.807) is 18.3 Å². The van der Waals surface area contributed by atoms with Crippen molar-refractivity contribution in [3.8, 4) is 11.5 Å². The first-order valence-corrected chi connectivity index (χ1v) is 8.88. The summed E-state index contributed by atoms with van der Waals surface area (Å²) in [6.45, 7) is 4.09. The highest BCUT2D eigenvalue weighted by atomic mass is 16.5. The number of aromatic hydroxyl groups is 1. The highest BCUT2D eigenvalue weighted by Gasteiger charge is 2.11. The van der Waals surface area contributed by atoms with Crippen LogP contribution in [0.4, 0.5) is 0 Å². The quantitative estimate of drug-likeness (QED) is 0.501. The molecule has 0 spiro atoms. The molecule has 1 amide bonds. The Morgan fingerprint density at radius 2 is 1.81 bits per heavy atom. The summed E-state index contributed by atoms with van der Waals surface area (Å²) >= 11 is 0. The second-order valence-electron chi connectivity index (χ2n) is 6.32. The Balaban J connectivity index is 1.66. The number of amides is 1. The molecule has 5 nitrogen and oxygen atoms in total. The van der Waals surface area contributed by atoms with E-state index < -0.39 is 5.91 Å². The molecule has 0 saturated heterocycles. The number of benzene rings is 3. The van der Waals surface area contributed by atoms with E-state index in [0.29, 0.717) is 0 Å². The number of ether oxygens (including phenoxy) is 1. The van der Waals surface area contributed by atoms with Crippen molar-refractivity contribution >= 4 is 22.9 Å². The standard InChI is InChI=1S/C22H22N2O3/c1-3-15(2)27-19-10-8-16(9-11-19)14-23-24-22(26)20-12-17-6-4-5-7-18(17)13-21(20)25/h4-15,25H,3H2,1-2H3,(H,24,26). The molecular weight excluding hydrogens is 340 g/mol. The number of hydrogen-bond acceptors (Lipinski definition) is 4. The third-order valence-electron chi connectivity index (χ3n) is 4.28. The highest BCUT2D eigenvalue weighted by molar-refractivity contribution is 6.01. The molecule has 0 saturated carbocycles. The van der Waals surface area contributed by atoms with Gasteiger partial charge in [0.15, 0.2) is 0 Å². The lowest BCUT2D eigenvalue weighted by molar-refractivity contribution is 0.0952. The van der Waals surface area contributed by atoms with Gasteiger partial charge in [0.2, 0.25) is 0 Å². The number of nitrogens with zero attached hydrogens (tertiary/aromatic N) is 1. The molecule has 2 N–H and O–H groups in total. The molecule has 0 aliphatic rings. The van der Waals surface area contributed by atoms with Gasteiger partial charge in [0, 0.05) is 0 Å². The van der Waals surface area contributed by atoms with Crippen molar-refractivity contribution in [3.05, 3.63) is 71.8 Å². The van der Waals surface area contributed by atoms with Crippen molar-refractivity contribution in [2.45, 2.75) is 26.4 Å². The number of nitrogens with one attached hydrogen (secondary N) is 1. The van der Waals surface area contributed by atoms with Crippen LogP contribution in [0.5, 0.6) is 11.5 Å². The van der Waals surface area contributed by atoms with Gasteiger partial charge in [0.1, 0.15) is 11.5 Å². The van der Waals surface area contributed by atoms with Crippen LogP contribution in [0, 0.1) is 0 Å².